The van der Waals surface area contributed by atoms with Crippen molar-refractivity contribution < 1.29 is 4.74 Å². The first-order chi connectivity index (χ1) is 12.6. The molecule has 0 aliphatic rings. The molecule has 4 nitrogen and oxygen atoms in total. The fourth-order valence-electron chi connectivity index (χ4n) is 3.23. The summed E-state index contributed by atoms with van der Waals surface area (Å²) in [6.07, 6.45) is 2.79. The van der Waals surface area contributed by atoms with Crippen LogP contribution in [0.2, 0.25) is 0 Å². The van der Waals surface area contributed by atoms with Gasteiger partial charge in [0.15, 0.2) is 0 Å². The van der Waals surface area contributed by atoms with Crippen LogP contribution in [0.15, 0.2) is 36.4 Å². The van der Waals surface area contributed by atoms with E-state index in [0.29, 0.717) is 13.2 Å². The molecule has 0 saturated heterocycles. The lowest BCUT2D eigenvalue weighted by Gasteiger charge is -2.11. The Morgan fingerprint density at radius 1 is 1.08 bits per heavy atom. The minimum absolute atomic E-state index is 0.613. The van der Waals surface area contributed by atoms with Gasteiger partial charge in [0.25, 0.3) is 0 Å². The molecule has 0 amide bonds. The smallest absolute Gasteiger partial charge is 0.119 e. The Kier molecular flexibility index (Phi) is 5.94. The Morgan fingerprint density at radius 2 is 1.81 bits per heavy atom. The van der Waals surface area contributed by atoms with Gasteiger partial charge in [-0.05, 0) is 74.2 Å². The molecule has 0 radical (unpaired) electrons. The molecule has 0 fully saturated rings. The van der Waals surface area contributed by atoms with Crippen LogP contribution in [0.1, 0.15) is 35.9 Å². The summed E-state index contributed by atoms with van der Waals surface area (Å²) in [7, 11) is 0. The second kappa shape index (κ2) is 8.37. The molecule has 0 spiro atoms. The average molecular weight is 351 g/mol. The van der Waals surface area contributed by atoms with E-state index >= 15 is 0 Å². The third-order valence-electron chi connectivity index (χ3n) is 4.94. The fraction of sp³-hybridized carbons (Fsp3) is 0.409. The van der Waals surface area contributed by atoms with Crippen LogP contribution in [0.3, 0.4) is 0 Å². The first kappa shape index (κ1) is 18.5. The van der Waals surface area contributed by atoms with Crippen LogP contribution in [0, 0.1) is 13.8 Å². The maximum atomic E-state index is 5.90. The number of rotatable bonds is 8. The number of benzene rings is 2. The standard InChI is InChI=1S/C22H29N3O/c1-4-18-6-8-19(9-7-18)26-13-5-12-25-21-15-17(3)16(2)14-20(21)24-22(25)10-11-23/h6-9,14-15H,4-5,10-13,23H2,1-3H3. The molecule has 138 valence electrons. The molecule has 0 aliphatic carbocycles. The van der Waals surface area contributed by atoms with Crippen molar-refractivity contribution >= 4 is 11.0 Å². The molecule has 0 saturated carbocycles. The van der Waals surface area contributed by atoms with Crippen LogP contribution in [0.5, 0.6) is 5.75 Å². The van der Waals surface area contributed by atoms with Crippen molar-refractivity contribution in [2.24, 2.45) is 5.73 Å². The molecule has 2 aromatic carbocycles. The van der Waals surface area contributed by atoms with Crippen LogP contribution in [-0.2, 0) is 19.4 Å². The minimum Gasteiger partial charge on any atom is -0.494 e. The average Bonchev–Trinajstić information content (AvgIpc) is 2.96. The molecule has 1 heterocycles. The van der Waals surface area contributed by atoms with Crippen LogP contribution >= 0.6 is 0 Å². The number of aryl methyl sites for hydroxylation is 4. The van der Waals surface area contributed by atoms with E-state index in [2.05, 4.69) is 61.7 Å². The molecule has 0 aliphatic heterocycles. The second-order valence-corrected chi connectivity index (χ2v) is 6.84. The van der Waals surface area contributed by atoms with Gasteiger partial charge in [0.05, 0.1) is 17.6 Å². The first-order valence-corrected chi connectivity index (χ1v) is 9.50. The van der Waals surface area contributed by atoms with E-state index in [0.717, 1.165) is 42.9 Å². The lowest BCUT2D eigenvalue weighted by molar-refractivity contribution is 0.301. The number of hydrogen-bond donors (Lipinski definition) is 1. The highest BCUT2D eigenvalue weighted by Gasteiger charge is 2.11. The van der Waals surface area contributed by atoms with Crippen molar-refractivity contribution in [1.29, 1.82) is 0 Å². The number of nitrogens with zero attached hydrogens (tertiary/aromatic N) is 2. The summed E-state index contributed by atoms with van der Waals surface area (Å²) in [6.45, 7) is 8.64. The largest absolute Gasteiger partial charge is 0.494 e. The molecule has 1 aromatic heterocycles. The predicted octanol–water partition coefficient (Wildman–Crippen LogP) is 4.19. The summed E-state index contributed by atoms with van der Waals surface area (Å²) in [5, 5.41) is 0. The van der Waals surface area contributed by atoms with Gasteiger partial charge < -0.3 is 15.0 Å². The SMILES string of the molecule is CCc1ccc(OCCCn2c(CCN)nc3cc(C)c(C)cc32)cc1. The number of aromatic nitrogens is 2. The highest BCUT2D eigenvalue weighted by atomic mass is 16.5. The van der Waals surface area contributed by atoms with Gasteiger partial charge >= 0.3 is 0 Å². The Bertz CT molecular complexity index is 865. The fourth-order valence-corrected chi connectivity index (χ4v) is 3.23. The zero-order valence-corrected chi connectivity index (χ0v) is 16.1. The van der Waals surface area contributed by atoms with Crippen molar-refractivity contribution in [2.75, 3.05) is 13.2 Å². The summed E-state index contributed by atoms with van der Waals surface area (Å²) >= 11 is 0. The zero-order chi connectivity index (χ0) is 18.5. The van der Waals surface area contributed by atoms with Crippen molar-refractivity contribution in [1.82, 2.24) is 9.55 Å². The van der Waals surface area contributed by atoms with Crippen molar-refractivity contribution in [3.05, 3.63) is 58.9 Å². The number of imidazole rings is 1. The number of hydrogen-bond acceptors (Lipinski definition) is 3. The van der Waals surface area contributed by atoms with E-state index in [4.69, 9.17) is 15.5 Å². The summed E-state index contributed by atoms with van der Waals surface area (Å²) < 4.78 is 8.20. The Hall–Kier alpha value is -2.33. The van der Waals surface area contributed by atoms with Gasteiger partial charge in [-0.1, -0.05) is 19.1 Å². The maximum Gasteiger partial charge on any atom is 0.119 e. The Morgan fingerprint density at radius 3 is 2.50 bits per heavy atom. The van der Waals surface area contributed by atoms with Crippen molar-refractivity contribution in [3.63, 3.8) is 0 Å². The molecule has 26 heavy (non-hydrogen) atoms. The molecule has 4 heteroatoms. The molecule has 0 atom stereocenters. The quantitative estimate of drug-likeness (QED) is 0.619. The monoisotopic (exact) mass is 351 g/mol. The maximum absolute atomic E-state index is 5.90. The highest BCUT2D eigenvalue weighted by Crippen LogP contribution is 2.22. The number of ether oxygens (including phenoxy) is 1. The molecule has 0 unspecified atom stereocenters. The highest BCUT2D eigenvalue weighted by molar-refractivity contribution is 5.78. The number of fused-ring (bicyclic) bond motifs is 1. The van der Waals surface area contributed by atoms with Gasteiger partial charge in [-0.2, -0.15) is 0 Å². The molecular formula is C22H29N3O. The predicted molar refractivity (Wildman–Crippen MR) is 108 cm³/mol. The van der Waals surface area contributed by atoms with E-state index in [1.165, 1.54) is 22.2 Å². The van der Waals surface area contributed by atoms with Gasteiger partial charge in [0.2, 0.25) is 0 Å². The molecule has 2 N–H and O–H groups in total. The summed E-state index contributed by atoms with van der Waals surface area (Å²) in [5.74, 6) is 2.01. The third kappa shape index (κ3) is 4.07. The zero-order valence-electron chi connectivity index (χ0n) is 16.1. The lowest BCUT2D eigenvalue weighted by atomic mass is 10.1. The normalized spacial score (nSPS) is 11.2. The minimum atomic E-state index is 0.613. The topological polar surface area (TPSA) is 53.1 Å². The molecular weight excluding hydrogens is 322 g/mol. The summed E-state index contributed by atoms with van der Waals surface area (Å²) in [4.78, 5) is 4.80. The van der Waals surface area contributed by atoms with E-state index < -0.39 is 0 Å². The van der Waals surface area contributed by atoms with E-state index in [1.54, 1.807) is 0 Å². The van der Waals surface area contributed by atoms with Gasteiger partial charge in [0.1, 0.15) is 11.6 Å². The van der Waals surface area contributed by atoms with Crippen molar-refractivity contribution in [3.8, 4) is 5.75 Å². The van der Waals surface area contributed by atoms with Crippen molar-refractivity contribution in [2.45, 2.75) is 46.6 Å². The van der Waals surface area contributed by atoms with Gasteiger partial charge in [-0.3, -0.25) is 0 Å². The number of nitrogens with two attached hydrogens (primary N) is 1. The van der Waals surface area contributed by atoms with Crippen LogP contribution in [0.25, 0.3) is 11.0 Å². The van der Waals surface area contributed by atoms with E-state index in [9.17, 15) is 0 Å². The van der Waals surface area contributed by atoms with E-state index in [1.807, 2.05) is 0 Å². The van der Waals surface area contributed by atoms with Gasteiger partial charge in [-0.15, -0.1) is 0 Å². The lowest BCUT2D eigenvalue weighted by Crippen LogP contribution is -2.12. The second-order valence-electron chi connectivity index (χ2n) is 6.84. The van der Waals surface area contributed by atoms with E-state index in [-0.39, 0.29) is 0 Å². The van der Waals surface area contributed by atoms with Gasteiger partial charge in [-0.25, -0.2) is 4.98 Å². The summed E-state index contributed by atoms with van der Waals surface area (Å²) in [5.41, 5.74) is 12.0. The third-order valence-corrected chi connectivity index (χ3v) is 4.94. The molecule has 3 aromatic rings. The summed E-state index contributed by atoms with van der Waals surface area (Å²) in [6, 6.07) is 12.8. The van der Waals surface area contributed by atoms with Crippen LogP contribution in [-0.4, -0.2) is 22.7 Å². The molecule has 3 rings (SSSR count). The van der Waals surface area contributed by atoms with Crippen LogP contribution < -0.4 is 10.5 Å². The Balaban J connectivity index is 1.68. The van der Waals surface area contributed by atoms with Crippen LogP contribution in [0.4, 0.5) is 0 Å². The van der Waals surface area contributed by atoms with Gasteiger partial charge in [0, 0.05) is 13.0 Å². The first-order valence-electron chi connectivity index (χ1n) is 9.50. The Labute approximate surface area is 156 Å². The molecule has 0 bridgehead atoms.